The van der Waals surface area contributed by atoms with Crippen molar-refractivity contribution in [1.82, 2.24) is 29.8 Å². The minimum Gasteiger partial charge on any atom is -0.425 e. The van der Waals surface area contributed by atoms with Crippen molar-refractivity contribution in [2.24, 2.45) is 0 Å². The second-order valence-electron chi connectivity index (χ2n) is 5.92. The molecule has 10 nitrogen and oxygen atoms in total. The van der Waals surface area contributed by atoms with Crippen LogP contribution >= 0.6 is 11.6 Å². The van der Waals surface area contributed by atoms with Gasteiger partial charge >= 0.3 is 5.82 Å². The van der Waals surface area contributed by atoms with Crippen LogP contribution in [0.25, 0.3) is 0 Å². The number of nitro groups is 1. The standard InChI is InChI=1S/C15H18ClN7O3/c1-9-8-12(23(24)25)20-21(9)6-4-13-17-18-14(26-13)5-7-22-11(3)15(16)10(2)19-22/h8H,4-7H2,1-3H3. The lowest BCUT2D eigenvalue weighted by Gasteiger charge is -2.01. The topological polar surface area (TPSA) is 118 Å². The van der Waals surface area contributed by atoms with Gasteiger partial charge in [0.2, 0.25) is 11.8 Å². The summed E-state index contributed by atoms with van der Waals surface area (Å²) < 4.78 is 9.00. The van der Waals surface area contributed by atoms with Gasteiger partial charge in [0.05, 0.1) is 39.8 Å². The Morgan fingerprint density at radius 2 is 1.73 bits per heavy atom. The van der Waals surface area contributed by atoms with Gasteiger partial charge in [0.25, 0.3) is 0 Å². The number of nitrogens with zero attached hydrogens (tertiary/aromatic N) is 7. The summed E-state index contributed by atoms with van der Waals surface area (Å²) in [6.07, 6.45) is 0.982. The third-order valence-corrected chi connectivity index (χ3v) is 4.58. The largest absolute Gasteiger partial charge is 0.425 e. The lowest BCUT2D eigenvalue weighted by molar-refractivity contribution is -0.389. The molecule has 0 atom stereocenters. The smallest absolute Gasteiger partial charge is 0.390 e. The van der Waals surface area contributed by atoms with Gasteiger partial charge in [0.15, 0.2) is 0 Å². The lowest BCUT2D eigenvalue weighted by atomic mass is 10.4. The van der Waals surface area contributed by atoms with Gasteiger partial charge in [-0.3, -0.25) is 4.68 Å². The quantitative estimate of drug-likeness (QED) is 0.457. The number of hydrogen-bond acceptors (Lipinski definition) is 7. The van der Waals surface area contributed by atoms with E-state index in [4.69, 9.17) is 16.0 Å². The minimum atomic E-state index is -0.514. The van der Waals surface area contributed by atoms with Crippen LogP contribution in [-0.4, -0.2) is 34.7 Å². The molecule has 0 aliphatic carbocycles. The zero-order chi connectivity index (χ0) is 18.8. The fourth-order valence-corrected chi connectivity index (χ4v) is 2.73. The zero-order valence-corrected chi connectivity index (χ0v) is 15.4. The Labute approximate surface area is 153 Å². The van der Waals surface area contributed by atoms with Crippen LogP contribution in [0.5, 0.6) is 0 Å². The molecule has 3 aromatic heterocycles. The molecule has 0 fully saturated rings. The summed E-state index contributed by atoms with van der Waals surface area (Å²) in [6.45, 7) is 6.55. The maximum absolute atomic E-state index is 10.8. The van der Waals surface area contributed by atoms with Crippen molar-refractivity contribution in [2.45, 2.75) is 46.7 Å². The molecule has 0 amide bonds. The first-order chi connectivity index (χ1) is 12.3. The molecule has 0 N–H and O–H groups in total. The molecule has 0 saturated heterocycles. The Balaban J connectivity index is 1.58. The van der Waals surface area contributed by atoms with Crippen molar-refractivity contribution in [3.8, 4) is 0 Å². The highest BCUT2D eigenvalue weighted by Gasteiger charge is 2.16. The molecule has 0 aromatic carbocycles. The van der Waals surface area contributed by atoms with Gasteiger partial charge < -0.3 is 14.5 Å². The fourth-order valence-electron chi connectivity index (χ4n) is 2.59. The lowest BCUT2D eigenvalue weighted by Crippen LogP contribution is -2.06. The van der Waals surface area contributed by atoms with Gasteiger partial charge in [-0.25, -0.2) is 0 Å². The van der Waals surface area contributed by atoms with Crippen LogP contribution in [0.3, 0.4) is 0 Å². The van der Waals surface area contributed by atoms with Crippen LogP contribution < -0.4 is 0 Å². The summed E-state index contributed by atoms with van der Waals surface area (Å²) in [7, 11) is 0. The summed E-state index contributed by atoms with van der Waals surface area (Å²) in [5.41, 5.74) is 2.40. The van der Waals surface area contributed by atoms with E-state index in [1.807, 2.05) is 18.5 Å². The Bertz CT molecular complexity index is 943. The van der Waals surface area contributed by atoms with Crippen LogP contribution in [-0.2, 0) is 25.9 Å². The Morgan fingerprint density at radius 3 is 2.23 bits per heavy atom. The summed E-state index contributed by atoms with van der Waals surface area (Å²) in [4.78, 5) is 10.2. The second-order valence-corrected chi connectivity index (χ2v) is 6.30. The zero-order valence-electron chi connectivity index (χ0n) is 14.6. The van der Waals surface area contributed by atoms with Gasteiger partial charge in [-0.2, -0.15) is 9.78 Å². The van der Waals surface area contributed by atoms with Gasteiger partial charge in [-0.05, 0) is 25.7 Å². The van der Waals surface area contributed by atoms with Crippen molar-refractivity contribution in [2.75, 3.05) is 0 Å². The molecule has 0 bridgehead atoms. The van der Waals surface area contributed by atoms with E-state index in [2.05, 4.69) is 20.4 Å². The normalized spacial score (nSPS) is 11.2. The van der Waals surface area contributed by atoms with Gasteiger partial charge in [0, 0.05) is 19.4 Å². The molecule has 0 saturated carbocycles. The third kappa shape index (κ3) is 3.74. The van der Waals surface area contributed by atoms with E-state index in [9.17, 15) is 10.1 Å². The Kier molecular flexibility index (Phi) is 5.03. The van der Waals surface area contributed by atoms with Crippen LogP contribution in [0, 0.1) is 30.9 Å². The highest BCUT2D eigenvalue weighted by atomic mass is 35.5. The summed E-state index contributed by atoms with van der Waals surface area (Å²) in [5, 5.41) is 27.8. The van der Waals surface area contributed by atoms with E-state index >= 15 is 0 Å². The first-order valence-electron chi connectivity index (χ1n) is 8.04. The van der Waals surface area contributed by atoms with Crippen molar-refractivity contribution < 1.29 is 9.34 Å². The average molecular weight is 380 g/mol. The molecule has 3 heterocycles. The van der Waals surface area contributed by atoms with Crippen LogP contribution in [0.4, 0.5) is 5.82 Å². The number of hydrogen-bond donors (Lipinski definition) is 0. The minimum absolute atomic E-state index is 0.169. The molecule has 3 aromatic rings. The first-order valence-corrected chi connectivity index (χ1v) is 8.42. The Morgan fingerprint density at radius 1 is 1.12 bits per heavy atom. The Hall–Kier alpha value is -2.75. The predicted octanol–water partition coefficient (Wildman–Crippen LogP) is 2.43. The van der Waals surface area contributed by atoms with Crippen LogP contribution in [0.1, 0.15) is 28.9 Å². The molecule has 0 spiro atoms. The van der Waals surface area contributed by atoms with E-state index in [1.54, 1.807) is 11.6 Å². The molecular weight excluding hydrogens is 362 g/mol. The molecule has 3 rings (SSSR count). The van der Waals surface area contributed by atoms with Crippen LogP contribution in [0.15, 0.2) is 10.5 Å². The van der Waals surface area contributed by atoms with Gasteiger partial charge in [-0.1, -0.05) is 11.6 Å². The molecule has 26 heavy (non-hydrogen) atoms. The number of halogens is 1. The highest BCUT2D eigenvalue weighted by molar-refractivity contribution is 6.31. The molecule has 138 valence electrons. The molecule has 0 aliphatic rings. The average Bonchev–Trinajstić information content (AvgIpc) is 3.27. The predicted molar refractivity (Wildman–Crippen MR) is 92.0 cm³/mol. The highest BCUT2D eigenvalue weighted by Crippen LogP contribution is 2.19. The third-order valence-electron chi connectivity index (χ3n) is 4.03. The number of aromatic nitrogens is 6. The van der Waals surface area contributed by atoms with E-state index in [-0.39, 0.29) is 5.82 Å². The van der Waals surface area contributed by atoms with Crippen molar-refractivity contribution in [1.29, 1.82) is 0 Å². The van der Waals surface area contributed by atoms with E-state index < -0.39 is 4.92 Å². The number of rotatable bonds is 7. The van der Waals surface area contributed by atoms with E-state index in [0.717, 1.165) is 11.4 Å². The molecular formula is C15H18ClN7O3. The molecule has 0 radical (unpaired) electrons. The molecule has 0 unspecified atom stereocenters. The fraction of sp³-hybridized carbons (Fsp3) is 0.467. The number of aryl methyl sites for hydroxylation is 6. The maximum atomic E-state index is 10.8. The van der Waals surface area contributed by atoms with Gasteiger partial charge in [-0.15, -0.1) is 10.2 Å². The van der Waals surface area contributed by atoms with E-state index in [0.29, 0.717) is 48.4 Å². The molecule has 0 aliphatic heterocycles. The summed E-state index contributed by atoms with van der Waals surface area (Å²) in [6, 6.07) is 1.43. The van der Waals surface area contributed by atoms with Gasteiger partial charge in [0.1, 0.15) is 0 Å². The van der Waals surface area contributed by atoms with Crippen molar-refractivity contribution in [3.05, 3.63) is 50.1 Å². The second kappa shape index (κ2) is 7.24. The first kappa shape index (κ1) is 18.1. The van der Waals surface area contributed by atoms with Crippen molar-refractivity contribution >= 4 is 17.4 Å². The maximum Gasteiger partial charge on any atom is 0.390 e. The summed E-state index contributed by atoms with van der Waals surface area (Å²) >= 11 is 6.13. The van der Waals surface area contributed by atoms with E-state index in [1.165, 1.54) is 6.07 Å². The SMILES string of the molecule is Cc1nn(CCc2nnc(CCn3nc([N+](=O)[O-])cc3C)o2)c(C)c1Cl. The molecule has 11 heteroatoms. The van der Waals surface area contributed by atoms with Crippen LogP contribution in [0.2, 0.25) is 5.02 Å². The monoisotopic (exact) mass is 379 g/mol. The van der Waals surface area contributed by atoms with Crippen molar-refractivity contribution in [3.63, 3.8) is 0 Å². The summed E-state index contributed by atoms with van der Waals surface area (Å²) in [5.74, 6) is 0.799.